The van der Waals surface area contributed by atoms with Gasteiger partial charge in [0.15, 0.2) is 0 Å². The van der Waals surface area contributed by atoms with Crippen molar-refractivity contribution in [3.63, 3.8) is 0 Å². The second-order valence-electron chi connectivity index (χ2n) is 4.64. The van der Waals surface area contributed by atoms with Gasteiger partial charge in [-0.05, 0) is 24.5 Å². The molecule has 1 aromatic heterocycles. The Morgan fingerprint density at radius 3 is 2.53 bits per heavy atom. The van der Waals surface area contributed by atoms with E-state index in [0.717, 1.165) is 5.56 Å². The first-order valence-electron chi connectivity index (χ1n) is 6.08. The van der Waals surface area contributed by atoms with Crippen LogP contribution in [-0.4, -0.2) is 24.2 Å². The Bertz CT molecular complexity index is 442. The summed E-state index contributed by atoms with van der Waals surface area (Å²) in [5.74, 6) is -0.560. The van der Waals surface area contributed by atoms with Crippen LogP contribution < -0.4 is 10.6 Å². The zero-order valence-corrected chi connectivity index (χ0v) is 11.0. The highest BCUT2D eigenvalue weighted by atomic mass is 35.5. The number of alkyl halides is 3. The van der Waals surface area contributed by atoms with Crippen LogP contribution in [-0.2, 0) is 6.54 Å². The molecule has 1 fully saturated rings. The van der Waals surface area contributed by atoms with Gasteiger partial charge in [-0.2, -0.15) is 13.2 Å². The van der Waals surface area contributed by atoms with Gasteiger partial charge in [-0.15, -0.1) is 0 Å². The lowest BCUT2D eigenvalue weighted by atomic mass is 9.96. The maximum absolute atomic E-state index is 12.6. The van der Waals surface area contributed by atoms with Crippen molar-refractivity contribution in [2.24, 2.45) is 11.7 Å². The molecule has 0 bridgehead atoms. The van der Waals surface area contributed by atoms with Crippen LogP contribution in [0.5, 0.6) is 0 Å². The van der Waals surface area contributed by atoms with Crippen LogP contribution >= 0.6 is 11.6 Å². The molecule has 0 aliphatic carbocycles. The first kappa shape index (κ1) is 14.4. The smallest absolute Gasteiger partial charge is 0.357 e. The molecule has 0 aromatic carbocycles. The van der Waals surface area contributed by atoms with Gasteiger partial charge < -0.3 is 10.6 Å². The molecule has 0 saturated carbocycles. The molecule has 1 saturated heterocycles. The average molecular weight is 294 g/mol. The topological polar surface area (TPSA) is 42.1 Å². The van der Waals surface area contributed by atoms with Gasteiger partial charge in [-0.25, -0.2) is 4.98 Å². The Kier molecular flexibility index (Phi) is 4.20. The van der Waals surface area contributed by atoms with E-state index in [-0.39, 0.29) is 19.4 Å². The summed E-state index contributed by atoms with van der Waals surface area (Å²) in [6.45, 7) is 0.985. The predicted octanol–water partition coefficient (Wildman–Crippen LogP) is 2.97. The molecule has 0 unspecified atom stereocenters. The number of hydrogen-bond acceptors (Lipinski definition) is 3. The fourth-order valence-electron chi connectivity index (χ4n) is 2.23. The molecular weight excluding hydrogens is 279 g/mol. The molecule has 0 radical (unpaired) electrons. The number of pyridine rings is 1. The van der Waals surface area contributed by atoms with E-state index in [1.54, 1.807) is 6.07 Å². The minimum atomic E-state index is -4.10. The minimum Gasteiger partial charge on any atom is -0.357 e. The van der Waals surface area contributed by atoms with Gasteiger partial charge in [-0.1, -0.05) is 11.6 Å². The van der Waals surface area contributed by atoms with Crippen LogP contribution in [0.25, 0.3) is 0 Å². The number of rotatable bonds is 2. The normalized spacial score (nSPS) is 17.8. The predicted molar refractivity (Wildman–Crippen MR) is 68.1 cm³/mol. The van der Waals surface area contributed by atoms with Crippen molar-refractivity contribution in [2.75, 3.05) is 18.0 Å². The van der Waals surface area contributed by atoms with Crippen LogP contribution in [0.15, 0.2) is 12.3 Å². The summed E-state index contributed by atoms with van der Waals surface area (Å²) in [5, 5.41) is 0.483. The molecular formula is C12H15ClF3N3. The van der Waals surface area contributed by atoms with Gasteiger partial charge in [-0.3, -0.25) is 0 Å². The summed E-state index contributed by atoms with van der Waals surface area (Å²) >= 11 is 5.91. The monoisotopic (exact) mass is 293 g/mol. The van der Waals surface area contributed by atoms with E-state index < -0.39 is 12.1 Å². The second-order valence-corrected chi connectivity index (χ2v) is 5.05. The molecule has 3 nitrogen and oxygen atoms in total. The fourth-order valence-corrected chi connectivity index (χ4v) is 2.41. The summed E-state index contributed by atoms with van der Waals surface area (Å²) in [7, 11) is 0. The van der Waals surface area contributed by atoms with Gasteiger partial charge in [0.2, 0.25) is 0 Å². The number of nitrogens with zero attached hydrogens (tertiary/aromatic N) is 2. The maximum Gasteiger partial charge on any atom is 0.391 e. The molecule has 2 heterocycles. The van der Waals surface area contributed by atoms with Crippen LogP contribution in [0.3, 0.4) is 0 Å². The van der Waals surface area contributed by atoms with Crippen molar-refractivity contribution in [1.29, 1.82) is 0 Å². The molecule has 2 rings (SSSR count). The van der Waals surface area contributed by atoms with Crippen LogP contribution in [0.1, 0.15) is 18.4 Å². The van der Waals surface area contributed by atoms with E-state index in [0.29, 0.717) is 23.9 Å². The van der Waals surface area contributed by atoms with E-state index in [4.69, 9.17) is 17.3 Å². The molecule has 0 amide bonds. The Morgan fingerprint density at radius 1 is 1.37 bits per heavy atom. The van der Waals surface area contributed by atoms with Crippen LogP contribution in [0.2, 0.25) is 5.02 Å². The lowest BCUT2D eigenvalue weighted by Crippen LogP contribution is -2.39. The van der Waals surface area contributed by atoms with E-state index >= 15 is 0 Å². The number of piperidine rings is 1. The van der Waals surface area contributed by atoms with Crippen molar-refractivity contribution in [3.8, 4) is 0 Å². The maximum atomic E-state index is 12.6. The van der Waals surface area contributed by atoms with E-state index in [1.165, 1.54) is 6.20 Å². The fraction of sp³-hybridized carbons (Fsp3) is 0.583. The third-order valence-electron chi connectivity index (χ3n) is 3.42. The van der Waals surface area contributed by atoms with Crippen molar-refractivity contribution in [2.45, 2.75) is 25.6 Å². The Balaban J connectivity index is 2.05. The van der Waals surface area contributed by atoms with Crippen molar-refractivity contribution in [3.05, 3.63) is 22.8 Å². The zero-order chi connectivity index (χ0) is 14.0. The lowest BCUT2D eigenvalue weighted by Gasteiger charge is -2.33. The van der Waals surface area contributed by atoms with Gasteiger partial charge in [0.1, 0.15) is 5.82 Å². The molecule has 0 atom stereocenters. The van der Waals surface area contributed by atoms with Crippen LogP contribution in [0, 0.1) is 5.92 Å². The SMILES string of the molecule is NCc1cc(N2CCC(C(F)(F)F)CC2)ncc1Cl. The van der Waals surface area contributed by atoms with Crippen molar-refractivity contribution < 1.29 is 13.2 Å². The standard InChI is InChI=1S/C12H15ClF3N3/c13-10-7-18-11(5-8(10)6-17)19-3-1-9(2-4-19)12(14,15)16/h5,7,9H,1-4,6,17H2. The Hall–Kier alpha value is -1.01. The third kappa shape index (κ3) is 3.30. The van der Waals surface area contributed by atoms with Gasteiger partial charge >= 0.3 is 6.18 Å². The molecule has 19 heavy (non-hydrogen) atoms. The molecule has 1 aliphatic rings. The summed E-state index contributed by atoms with van der Waals surface area (Å²) in [6, 6.07) is 1.75. The second kappa shape index (κ2) is 5.54. The summed E-state index contributed by atoms with van der Waals surface area (Å²) < 4.78 is 37.7. The molecule has 1 aromatic rings. The highest BCUT2D eigenvalue weighted by molar-refractivity contribution is 6.31. The number of hydrogen-bond donors (Lipinski definition) is 1. The van der Waals surface area contributed by atoms with Crippen molar-refractivity contribution in [1.82, 2.24) is 4.98 Å². The van der Waals surface area contributed by atoms with Gasteiger partial charge in [0.25, 0.3) is 0 Å². The van der Waals surface area contributed by atoms with E-state index in [1.807, 2.05) is 4.90 Å². The third-order valence-corrected chi connectivity index (χ3v) is 3.76. The molecule has 106 valence electrons. The zero-order valence-electron chi connectivity index (χ0n) is 10.3. The highest BCUT2D eigenvalue weighted by Crippen LogP contribution is 2.35. The quantitative estimate of drug-likeness (QED) is 0.911. The molecule has 7 heteroatoms. The summed E-state index contributed by atoms with van der Waals surface area (Å²) in [5.41, 5.74) is 6.30. The highest BCUT2D eigenvalue weighted by Gasteiger charge is 2.41. The van der Waals surface area contributed by atoms with E-state index in [9.17, 15) is 13.2 Å². The largest absolute Gasteiger partial charge is 0.391 e. The molecule has 1 aliphatic heterocycles. The summed E-state index contributed by atoms with van der Waals surface area (Å²) in [6.07, 6.45) is -2.39. The minimum absolute atomic E-state index is 0.103. The number of aromatic nitrogens is 1. The number of halogens is 4. The molecule has 2 N–H and O–H groups in total. The van der Waals surface area contributed by atoms with E-state index in [2.05, 4.69) is 4.98 Å². The average Bonchev–Trinajstić information content (AvgIpc) is 2.38. The van der Waals surface area contributed by atoms with Crippen LogP contribution in [0.4, 0.5) is 19.0 Å². The van der Waals surface area contributed by atoms with Crippen molar-refractivity contribution >= 4 is 17.4 Å². The number of nitrogens with two attached hydrogens (primary N) is 1. The summed E-state index contributed by atoms with van der Waals surface area (Å²) in [4.78, 5) is 6.00. The molecule has 0 spiro atoms. The van der Waals surface area contributed by atoms with Gasteiger partial charge in [0.05, 0.1) is 10.9 Å². The number of anilines is 1. The van der Waals surface area contributed by atoms with Gasteiger partial charge in [0, 0.05) is 25.8 Å². The Labute approximate surface area is 114 Å². The first-order valence-corrected chi connectivity index (χ1v) is 6.45. The first-order chi connectivity index (χ1) is 8.91. The Morgan fingerprint density at radius 2 is 2.00 bits per heavy atom. The lowest BCUT2D eigenvalue weighted by molar-refractivity contribution is -0.179.